The summed E-state index contributed by atoms with van der Waals surface area (Å²) >= 11 is 0. The minimum Gasteiger partial charge on any atom is -0.481 e. The highest BCUT2D eigenvalue weighted by atomic mass is 16.6. The molecule has 0 rings (SSSR count). The molecule has 0 unspecified atom stereocenters. The molecule has 0 radical (unpaired) electrons. The molecule has 6 heteroatoms. The van der Waals surface area contributed by atoms with Gasteiger partial charge in [0.25, 0.3) is 0 Å². The first-order valence-corrected chi connectivity index (χ1v) is 6.72. The second-order valence-corrected chi connectivity index (χ2v) is 4.04. The zero-order chi connectivity index (χ0) is 15.4. The molecular formula is C14H22O6. The number of allylic oxidation sites excluding steroid dienone is 2. The monoisotopic (exact) mass is 286 g/mol. The summed E-state index contributed by atoms with van der Waals surface area (Å²) in [6.07, 6.45) is 4.76. The van der Waals surface area contributed by atoms with Crippen molar-refractivity contribution < 1.29 is 29.0 Å². The van der Waals surface area contributed by atoms with Gasteiger partial charge >= 0.3 is 17.9 Å². The zero-order valence-electron chi connectivity index (χ0n) is 12.0. The molecule has 0 saturated heterocycles. The summed E-state index contributed by atoms with van der Waals surface area (Å²) in [6.45, 7) is 3.77. The maximum Gasteiger partial charge on any atom is 0.320 e. The highest BCUT2D eigenvalue weighted by Crippen LogP contribution is 2.12. The number of hydrogen-bond acceptors (Lipinski definition) is 5. The van der Waals surface area contributed by atoms with E-state index in [0.29, 0.717) is 19.3 Å². The van der Waals surface area contributed by atoms with Gasteiger partial charge in [-0.2, -0.15) is 0 Å². The van der Waals surface area contributed by atoms with Crippen LogP contribution in [0.4, 0.5) is 0 Å². The number of carbonyl (C=O) groups excluding carboxylic acids is 2. The fourth-order valence-electron chi connectivity index (χ4n) is 1.52. The van der Waals surface area contributed by atoms with Gasteiger partial charge in [0.2, 0.25) is 0 Å². The first kappa shape index (κ1) is 18.1. The van der Waals surface area contributed by atoms with Gasteiger partial charge in [-0.1, -0.05) is 12.2 Å². The summed E-state index contributed by atoms with van der Waals surface area (Å²) in [5.41, 5.74) is 0. The number of aliphatic carboxylic acids is 1. The number of carboxylic acid groups (broad SMARTS) is 1. The molecule has 0 aromatic carbocycles. The van der Waals surface area contributed by atoms with E-state index >= 15 is 0 Å². The topological polar surface area (TPSA) is 89.9 Å². The fraction of sp³-hybridized carbons (Fsp3) is 0.643. The van der Waals surface area contributed by atoms with Crippen LogP contribution < -0.4 is 0 Å². The molecular weight excluding hydrogens is 264 g/mol. The van der Waals surface area contributed by atoms with Crippen molar-refractivity contribution in [2.24, 2.45) is 5.92 Å². The molecule has 0 heterocycles. The van der Waals surface area contributed by atoms with Crippen molar-refractivity contribution in [2.45, 2.75) is 39.5 Å². The Labute approximate surface area is 118 Å². The van der Waals surface area contributed by atoms with Crippen LogP contribution in [0.5, 0.6) is 0 Å². The predicted molar refractivity (Wildman–Crippen MR) is 72.0 cm³/mol. The van der Waals surface area contributed by atoms with Gasteiger partial charge in [-0.15, -0.1) is 0 Å². The largest absolute Gasteiger partial charge is 0.481 e. The summed E-state index contributed by atoms with van der Waals surface area (Å²) in [6, 6.07) is 0. The molecule has 114 valence electrons. The number of carboxylic acids is 1. The van der Waals surface area contributed by atoms with E-state index in [1.54, 1.807) is 26.0 Å². The van der Waals surface area contributed by atoms with Crippen LogP contribution in [0.2, 0.25) is 0 Å². The Kier molecular flexibility index (Phi) is 10.00. The highest BCUT2D eigenvalue weighted by molar-refractivity contribution is 5.94. The molecule has 0 aliphatic rings. The third kappa shape index (κ3) is 8.29. The van der Waals surface area contributed by atoms with E-state index < -0.39 is 23.8 Å². The lowest BCUT2D eigenvalue weighted by molar-refractivity contribution is -0.161. The smallest absolute Gasteiger partial charge is 0.320 e. The standard InChI is InChI=1S/C14H22O6/c1-3-19-13(17)11(14(18)20-4-2)9-7-5-6-8-10-12(15)16/h5-6,11H,3-4,7-10H2,1-2H3,(H,15,16)/b6-5-. The van der Waals surface area contributed by atoms with E-state index in [2.05, 4.69) is 0 Å². The molecule has 0 fully saturated rings. The Hall–Kier alpha value is -1.85. The van der Waals surface area contributed by atoms with Crippen molar-refractivity contribution in [1.82, 2.24) is 0 Å². The van der Waals surface area contributed by atoms with Crippen LogP contribution in [0.3, 0.4) is 0 Å². The number of ether oxygens (including phenoxy) is 2. The lowest BCUT2D eigenvalue weighted by Gasteiger charge is -2.13. The zero-order valence-corrected chi connectivity index (χ0v) is 12.0. The normalized spacial score (nSPS) is 10.8. The van der Waals surface area contributed by atoms with Crippen molar-refractivity contribution >= 4 is 17.9 Å². The van der Waals surface area contributed by atoms with E-state index in [0.717, 1.165) is 0 Å². The molecule has 0 aliphatic heterocycles. The highest BCUT2D eigenvalue weighted by Gasteiger charge is 2.28. The lowest BCUT2D eigenvalue weighted by atomic mass is 10.0. The van der Waals surface area contributed by atoms with Gasteiger partial charge in [0, 0.05) is 6.42 Å². The summed E-state index contributed by atoms with van der Waals surface area (Å²) in [4.78, 5) is 33.6. The average molecular weight is 286 g/mol. The molecule has 1 N–H and O–H groups in total. The summed E-state index contributed by atoms with van der Waals surface area (Å²) < 4.78 is 9.68. The van der Waals surface area contributed by atoms with E-state index in [9.17, 15) is 14.4 Å². The Morgan fingerprint density at radius 2 is 1.50 bits per heavy atom. The van der Waals surface area contributed by atoms with E-state index in [4.69, 9.17) is 14.6 Å². The van der Waals surface area contributed by atoms with Crippen LogP contribution >= 0.6 is 0 Å². The van der Waals surface area contributed by atoms with Crippen LogP contribution in [0.1, 0.15) is 39.5 Å². The molecule has 0 atom stereocenters. The van der Waals surface area contributed by atoms with Crippen LogP contribution in [0, 0.1) is 5.92 Å². The predicted octanol–water partition coefficient (Wildman–Crippen LogP) is 1.93. The third-order valence-corrected chi connectivity index (χ3v) is 2.46. The first-order valence-electron chi connectivity index (χ1n) is 6.72. The summed E-state index contributed by atoms with van der Waals surface area (Å²) in [5.74, 6) is -2.93. The van der Waals surface area contributed by atoms with E-state index in [1.165, 1.54) is 0 Å². The molecule has 0 aromatic heterocycles. The molecule has 0 aromatic rings. The average Bonchev–Trinajstić information content (AvgIpc) is 2.37. The Bertz CT molecular complexity index is 330. The van der Waals surface area contributed by atoms with Crippen LogP contribution in [0.25, 0.3) is 0 Å². The van der Waals surface area contributed by atoms with Gasteiger partial charge < -0.3 is 14.6 Å². The Balaban J connectivity index is 4.25. The fourth-order valence-corrected chi connectivity index (χ4v) is 1.52. The van der Waals surface area contributed by atoms with Crippen LogP contribution in [0.15, 0.2) is 12.2 Å². The van der Waals surface area contributed by atoms with Crippen LogP contribution in [-0.2, 0) is 23.9 Å². The SMILES string of the molecule is CCOC(=O)C(CC/C=C\CCC(=O)O)C(=O)OCC. The van der Waals surface area contributed by atoms with Crippen molar-refractivity contribution in [3.05, 3.63) is 12.2 Å². The Morgan fingerprint density at radius 1 is 1.00 bits per heavy atom. The van der Waals surface area contributed by atoms with Gasteiger partial charge in [0.15, 0.2) is 5.92 Å². The Morgan fingerprint density at radius 3 is 1.95 bits per heavy atom. The molecule has 0 spiro atoms. The lowest BCUT2D eigenvalue weighted by Crippen LogP contribution is -2.28. The van der Waals surface area contributed by atoms with Crippen molar-refractivity contribution in [3.8, 4) is 0 Å². The number of carbonyl (C=O) groups is 3. The quantitative estimate of drug-likeness (QED) is 0.375. The number of esters is 2. The van der Waals surface area contributed by atoms with Gasteiger partial charge in [-0.3, -0.25) is 14.4 Å². The second kappa shape index (κ2) is 11.0. The molecule has 20 heavy (non-hydrogen) atoms. The van der Waals surface area contributed by atoms with E-state index in [1.807, 2.05) is 0 Å². The number of rotatable bonds is 10. The van der Waals surface area contributed by atoms with Gasteiger partial charge in [0.05, 0.1) is 13.2 Å². The van der Waals surface area contributed by atoms with Gasteiger partial charge in [0.1, 0.15) is 0 Å². The van der Waals surface area contributed by atoms with Gasteiger partial charge in [-0.05, 0) is 33.1 Å². The van der Waals surface area contributed by atoms with Crippen molar-refractivity contribution in [3.63, 3.8) is 0 Å². The molecule has 0 aliphatic carbocycles. The summed E-state index contributed by atoms with van der Waals surface area (Å²) in [5, 5.41) is 8.47. The number of hydrogen-bond donors (Lipinski definition) is 1. The second-order valence-electron chi connectivity index (χ2n) is 4.04. The van der Waals surface area contributed by atoms with Crippen molar-refractivity contribution in [2.75, 3.05) is 13.2 Å². The summed E-state index contributed by atoms with van der Waals surface area (Å²) in [7, 11) is 0. The maximum absolute atomic E-state index is 11.6. The third-order valence-electron chi connectivity index (χ3n) is 2.46. The molecule has 0 bridgehead atoms. The minimum absolute atomic E-state index is 0.0652. The molecule has 0 amide bonds. The molecule has 0 saturated carbocycles. The minimum atomic E-state index is -0.918. The van der Waals surface area contributed by atoms with Crippen LogP contribution in [-0.4, -0.2) is 36.2 Å². The maximum atomic E-state index is 11.6. The molecule has 6 nitrogen and oxygen atoms in total. The first-order chi connectivity index (χ1) is 9.52. The van der Waals surface area contributed by atoms with Gasteiger partial charge in [-0.25, -0.2) is 0 Å². The van der Waals surface area contributed by atoms with Crippen molar-refractivity contribution in [1.29, 1.82) is 0 Å². The van der Waals surface area contributed by atoms with E-state index in [-0.39, 0.29) is 19.6 Å².